The van der Waals surface area contributed by atoms with Gasteiger partial charge in [0.1, 0.15) is 11.4 Å². The average Bonchev–Trinajstić information content (AvgIpc) is 2.94. The Morgan fingerprint density at radius 2 is 1.77 bits per heavy atom. The van der Waals surface area contributed by atoms with Crippen LogP contribution < -0.4 is 4.90 Å². The molecule has 2 fully saturated rings. The van der Waals surface area contributed by atoms with Gasteiger partial charge in [0.15, 0.2) is 0 Å². The molecule has 1 spiro atoms. The second kappa shape index (κ2) is 7.69. The maximum absolute atomic E-state index is 14.6. The average molecular weight is 421 g/mol. The van der Waals surface area contributed by atoms with Crippen LogP contribution in [0.2, 0.25) is 0 Å². The summed E-state index contributed by atoms with van der Waals surface area (Å²) < 4.78 is 52.8. The van der Waals surface area contributed by atoms with E-state index in [4.69, 9.17) is 9.47 Å². The molecule has 0 aliphatic carbocycles. The minimum atomic E-state index is -4.13. The van der Waals surface area contributed by atoms with Crippen LogP contribution in [0.15, 0.2) is 48.8 Å². The van der Waals surface area contributed by atoms with Gasteiger partial charge in [0.25, 0.3) is 5.91 Å². The van der Waals surface area contributed by atoms with Gasteiger partial charge in [0, 0.05) is 30.2 Å². The summed E-state index contributed by atoms with van der Waals surface area (Å²) in [5.74, 6) is -2.51. The van der Waals surface area contributed by atoms with Crippen molar-refractivity contribution in [3.63, 3.8) is 0 Å². The van der Waals surface area contributed by atoms with Gasteiger partial charge in [0.2, 0.25) is 0 Å². The van der Waals surface area contributed by atoms with E-state index in [2.05, 4.69) is 4.98 Å². The highest BCUT2D eigenvalue weighted by atomic mass is 19.3. The van der Waals surface area contributed by atoms with E-state index in [9.17, 15) is 22.8 Å². The van der Waals surface area contributed by atoms with Crippen molar-refractivity contribution in [1.29, 1.82) is 0 Å². The van der Waals surface area contributed by atoms with Gasteiger partial charge in [-0.2, -0.15) is 8.78 Å². The molecule has 0 N–H and O–H groups in total. The SMILES string of the molecule is O=C(c1ccncc1)N1CCOCC2(C1)CN(c1ccc(F)cc1)C(=O)C(F)(F)O2. The molecule has 2 aromatic rings. The first kappa shape index (κ1) is 20.3. The van der Waals surface area contributed by atoms with E-state index in [0.717, 1.165) is 17.0 Å². The molecule has 1 unspecified atom stereocenters. The zero-order valence-corrected chi connectivity index (χ0v) is 15.8. The first-order valence-electron chi connectivity index (χ1n) is 9.22. The number of ether oxygens (including phenoxy) is 2. The Bertz CT molecular complexity index is 942. The van der Waals surface area contributed by atoms with Crippen molar-refractivity contribution < 1.29 is 32.2 Å². The summed E-state index contributed by atoms with van der Waals surface area (Å²) in [7, 11) is 0. The molecule has 1 atom stereocenters. The number of aromatic nitrogens is 1. The van der Waals surface area contributed by atoms with Crippen molar-refractivity contribution in [2.75, 3.05) is 37.7 Å². The van der Waals surface area contributed by atoms with E-state index >= 15 is 0 Å². The zero-order valence-electron chi connectivity index (χ0n) is 15.8. The number of nitrogens with zero attached hydrogens (tertiary/aromatic N) is 3. The van der Waals surface area contributed by atoms with Crippen LogP contribution in [0, 0.1) is 5.82 Å². The van der Waals surface area contributed by atoms with Crippen molar-refractivity contribution in [2.45, 2.75) is 11.7 Å². The van der Waals surface area contributed by atoms with Crippen molar-refractivity contribution in [3.05, 3.63) is 60.2 Å². The molecule has 2 aliphatic heterocycles. The molecule has 0 saturated carbocycles. The third-order valence-corrected chi connectivity index (χ3v) is 4.99. The number of halogens is 3. The van der Waals surface area contributed by atoms with Gasteiger partial charge in [-0.3, -0.25) is 19.3 Å². The number of carbonyl (C=O) groups is 2. The first-order chi connectivity index (χ1) is 14.3. The van der Waals surface area contributed by atoms with Gasteiger partial charge in [0.05, 0.1) is 26.3 Å². The van der Waals surface area contributed by atoms with E-state index in [-0.39, 0.29) is 44.4 Å². The van der Waals surface area contributed by atoms with Crippen molar-refractivity contribution in [2.24, 2.45) is 0 Å². The van der Waals surface area contributed by atoms with Gasteiger partial charge in [-0.25, -0.2) is 4.39 Å². The summed E-state index contributed by atoms with van der Waals surface area (Å²) in [5, 5.41) is 0. The molecule has 3 heterocycles. The molecule has 2 aliphatic rings. The number of hydrogen-bond donors (Lipinski definition) is 0. The third kappa shape index (κ3) is 3.88. The van der Waals surface area contributed by atoms with Gasteiger partial charge in [-0.1, -0.05) is 0 Å². The quantitative estimate of drug-likeness (QED) is 0.743. The Labute approximate surface area is 170 Å². The predicted octanol–water partition coefficient (Wildman–Crippen LogP) is 2.09. The minimum Gasteiger partial charge on any atom is -0.376 e. The lowest BCUT2D eigenvalue weighted by atomic mass is 10.00. The summed E-state index contributed by atoms with van der Waals surface area (Å²) in [6.45, 7) is -0.448. The zero-order chi connectivity index (χ0) is 21.4. The number of morpholine rings is 1. The molecule has 1 aromatic carbocycles. The Kier molecular flexibility index (Phi) is 5.20. The monoisotopic (exact) mass is 421 g/mol. The number of benzene rings is 1. The van der Waals surface area contributed by atoms with Crippen molar-refractivity contribution >= 4 is 17.5 Å². The molecule has 4 rings (SSSR count). The molecule has 0 radical (unpaired) electrons. The Morgan fingerprint density at radius 3 is 2.47 bits per heavy atom. The fourth-order valence-corrected chi connectivity index (χ4v) is 3.61. The molecule has 2 saturated heterocycles. The predicted molar refractivity (Wildman–Crippen MR) is 98.5 cm³/mol. The topological polar surface area (TPSA) is 72.0 Å². The van der Waals surface area contributed by atoms with Crippen LogP contribution in [-0.4, -0.2) is 66.3 Å². The third-order valence-electron chi connectivity index (χ3n) is 4.99. The van der Waals surface area contributed by atoms with Gasteiger partial charge >= 0.3 is 12.0 Å². The maximum Gasteiger partial charge on any atom is 0.437 e. The van der Waals surface area contributed by atoms with E-state index < -0.39 is 23.4 Å². The van der Waals surface area contributed by atoms with Crippen molar-refractivity contribution in [1.82, 2.24) is 9.88 Å². The Hall–Kier alpha value is -2.98. The summed E-state index contributed by atoms with van der Waals surface area (Å²) in [6, 6.07) is 7.66. The Morgan fingerprint density at radius 1 is 1.07 bits per heavy atom. The highest BCUT2D eigenvalue weighted by Gasteiger charge is 2.58. The number of alkyl halides is 2. The van der Waals surface area contributed by atoms with Gasteiger partial charge < -0.3 is 14.5 Å². The van der Waals surface area contributed by atoms with Crippen LogP contribution in [0.1, 0.15) is 10.4 Å². The first-order valence-corrected chi connectivity index (χ1v) is 9.22. The molecular formula is C20H18F3N3O4. The van der Waals surface area contributed by atoms with Crippen LogP contribution in [0.5, 0.6) is 0 Å². The smallest absolute Gasteiger partial charge is 0.376 e. The van der Waals surface area contributed by atoms with Crippen LogP contribution in [0.4, 0.5) is 18.9 Å². The standard InChI is InChI=1S/C20H18F3N3O4/c21-15-1-3-16(4-2-15)26-12-19(30-20(22,23)18(26)28)11-25(9-10-29-13-19)17(27)14-5-7-24-8-6-14/h1-8H,9-13H2. The number of anilines is 1. The molecule has 1 aromatic heterocycles. The molecule has 7 nitrogen and oxygen atoms in total. The summed E-state index contributed by atoms with van der Waals surface area (Å²) in [5.41, 5.74) is -1.22. The lowest BCUT2D eigenvalue weighted by Crippen LogP contribution is -2.66. The van der Waals surface area contributed by atoms with Crippen molar-refractivity contribution in [3.8, 4) is 0 Å². The Balaban J connectivity index is 1.65. The number of hydrogen-bond acceptors (Lipinski definition) is 5. The minimum absolute atomic E-state index is 0.0972. The van der Waals surface area contributed by atoms with E-state index in [1.165, 1.54) is 41.6 Å². The van der Waals surface area contributed by atoms with E-state index in [1.54, 1.807) is 0 Å². The van der Waals surface area contributed by atoms with Crippen LogP contribution in [0.3, 0.4) is 0 Å². The van der Waals surface area contributed by atoms with Crippen LogP contribution in [0.25, 0.3) is 0 Å². The molecule has 0 bridgehead atoms. The lowest BCUT2D eigenvalue weighted by Gasteiger charge is -2.45. The second-order valence-corrected chi connectivity index (χ2v) is 7.18. The highest BCUT2D eigenvalue weighted by molar-refractivity contribution is 5.98. The number of amides is 2. The fraction of sp³-hybridized carbons (Fsp3) is 0.350. The van der Waals surface area contributed by atoms with E-state index in [1.807, 2.05) is 0 Å². The second-order valence-electron chi connectivity index (χ2n) is 7.18. The van der Waals surface area contributed by atoms with E-state index in [0.29, 0.717) is 5.56 Å². The number of rotatable bonds is 2. The van der Waals surface area contributed by atoms with Gasteiger partial charge in [-0.05, 0) is 36.4 Å². The summed E-state index contributed by atoms with van der Waals surface area (Å²) in [4.78, 5) is 31.2. The summed E-state index contributed by atoms with van der Waals surface area (Å²) in [6.07, 6.45) is -1.22. The molecule has 158 valence electrons. The molecule has 30 heavy (non-hydrogen) atoms. The maximum atomic E-state index is 14.6. The summed E-state index contributed by atoms with van der Waals surface area (Å²) >= 11 is 0. The molecule has 10 heteroatoms. The number of pyridine rings is 1. The lowest BCUT2D eigenvalue weighted by molar-refractivity contribution is -0.293. The number of carbonyl (C=O) groups excluding carboxylic acids is 2. The highest BCUT2D eigenvalue weighted by Crippen LogP contribution is 2.37. The largest absolute Gasteiger partial charge is 0.437 e. The normalized spacial score (nSPS) is 24.0. The molecular weight excluding hydrogens is 403 g/mol. The fourth-order valence-electron chi connectivity index (χ4n) is 3.61. The van der Waals surface area contributed by atoms with Crippen LogP contribution in [-0.2, 0) is 14.3 Å². The molecule has 2 amide bonds. The van der Waals surface area contributed by atoms with Crippen LogP contribution >= 0.6 is 0 Å². The van der Waals surface area contributed by atoms with Gasteiger partial charge in [-0.15, -0.1) is 0 Å².